The van der Waals surface area contributed by atoms with Gasteiger partial charge in [0.2, 0.25) is 0 Å². The summed E-state index contributed by atoms with van der Waals surface area (Å²) in [5.41, 5.74) is 0. The molecular weight excluding hydrogens is 108 g/mol. The van der Waals surface area contributed by atoms with Gasteiger partial charge in [0.15, 0.2) is 0 Å². The van der Waals surface area contributed by atoms with Crippen molar-refractivity contribution < 1.29 is 0 Å². The van der Waals surface area contributed by atoms with E-state index in [0.717, 1.165) is 5.92 Å². The molecule has 2 rings (SSSR count). The Morgan fingerprint density at radius 2 is 2.22 bits per heavy atom. The van der Waals surface area contributed by atoms with Gasteiger partial charge < -0.3 is 0 Å². The van der Waals surface area contributed by atoms with E-state index in [1.165, 1.54) is 24.7 Å². The van der Waals surface area contributed by atoms with Crippen LogP contribution >= 0.6 is 0 Å². The maximum Gasteiger partial charge on any atom is -0.0355 e. The average Bonchev–Trinajstić information content (AvgIpc) is 2.54. The summed E-state index contributed by atoms with van der Waals surface area (Å²) >= 11 is 0. The first-order chi connectivity index (χ1) is 4.42. The number of rotatable bonds is 2. The van der Waals surface area contributed by atoms with Crippen molar-refractivity contribution in [2.45, 2.75) is 39.0 Å². The lowest BCUT2D eigenvalue weighted by Crippen LogP contribution is -1.96. The second kappa shape index (κ2) is 2.00. The Balaban J connectivity index is 1.84. The van der Waals surface area contributed by atoms with Gasteiger partial charge in [-0.3, -0.25) is 0 Å². The van der Waals surface area contributed by atoms with Crippen molar-refractivity contribution in [3.05, 3.63) is 0 Å². The Hall–Kier alpha value is 0. The van der Waals surface area contributed by atoms with Gasteiger partial charge in [-0.2, -0.15) is 0 Å². The summed E-state index contributed by atoms with van der Waals surface area (Å²) in [6.07, 6.45) is 7.64. The molecule has 0 aromatic rings. The molecule has 0 saturated heterocycles. The predicted molar refractivity (Wildman–Crippen MR) is 39.2 cm³/mol. The van der Waals surface area contributed by atoms with Crippen molar-refractivity contribution >= 4 is 0 Å². The highest BCUT2D eigenvalue weighted by atomic mass is 14.5. The third-order valence-corrected chi connectivity index (χ3v) is 3.15. The van der Waals surface area contributed by atoms with Crippen LogP contribution < -0.4 is 0 Å². The predicted octanol–water partition coefficient (Wildman–Crippen LogP) is 2.83. The Morgan fingerprint density at radius 3 is 2.67 bits per heavy atom. The van der Waals surface area contributed by atoms with Gasteiger partial charge in [0, 0.05) is 0 Å². The van der Waals surface area contributed by atoms with Gasteiger partial charge in [0.1, 0.15) is 0 Å². The topological polar surface area (TPSA) is 0 Å². The van der Waals surface area contributed by atoms with Crippen LogP contribution in [0.3, 0.4) is 0 Å². The molecule has 0 N–H and O–H groups in total. The standard InChI is InChI=1S/C9H16/c1-2-3-7-4-5-8-6-9(7)8/h7-9H,2-6H2,1H3/t7-,8+,9-/m1/s1. The van der Waals surface area contributed by atoms with Gasteiger partial charge in [-0.25, -0.2) is 0 Å². The van der Waals surface area contributed by atoms with Crippen molar-refractivity contribution in [1.82, 2.24) is 0 Å². The van der Waals surface area contributed by atoms with Crippen LogP contribution in [0, 0.1) is 17.8 Å². The van der Waals surface area contributed by atoms with E-state index in [4.69, 9.17) is 0 Å². The molecule has 0 nitrogen and oxygen atoms in total. The highest BCUT2D eigenvalue weighted by Crippen LogP contribution is 2.56. The zero-order chi connectivity index (χ0) is 6.27. The van der Waals surface area contributed by atoms with E-state index in [1.807, 2.05) is 0 Å². The van der Waals surface area contributed by atoms with Crippen LogP contribution in [-0.4, -0.2) is 0 Å². The van der Waals surface area contributed by atoms with E-state index >= 15 is 0 Å². The van der Waals surface area contributed by atoms with Crippen molar-refractivity contribution in [1.29, 1.82) is 0 Å². The minimum Gasteiger partial charge on any atom is -0.0654 e. The van der Waals surface area contributed by atoms with Crippen LogP contribution in [0.15, 0.2) is 0 Å². The van der Waals surface area contributed by atoms with Crippen molar-refractivity contribution in [3.63, 3.8) is 0 Å². The van der Waals surface area contributed by atoms with Crippen LogP contribution in [0.2, 0.25) is 0 Å². The summed E-state index contributed by atoms with van der Waals surface area (Å²) in [5.74, 6) is 3.55. The fraction of sp³-hybridized carbons (Fsp3) is 1.00. The first-order valence-electron chi connectivity index (χ1n) is 4.42. The molecule has 9 heavy (non-hydrogen) atoms. The lowest BCUT2D eigenvalue weighted by molar-refractivity contribution is 0.439. The van der Waals surface area contributed by atoms with Crippen LogP contribution in [0.4, 0.5) is 0 Å². The van der Waals surface area contributed by atoms with Crippen LogP contribution in [0.25, 0.3) is 0 Å². The summed E-state index contributed by atoms with van der Waals surface area (Å²) < 4.78 is 0. The maximum absolute atomic E-state index is 2.32. The molecule has 2 aliphatic carbocycles. The Bertz CT molecular complexity index is 107. The smallest absolute Gasteiger partial charge is 0.0355 e. The fourth-order valence-electron chi connectivity index (χ4n) is 2.55. The quantitative estimate of drug-likeness (QED) is 0.531. The summed E-state index contributed by atoms with van der Waals surface area (Å²) in [4.78, 5) is 0. The molecule has 0 heterocycles. The molecule has 3 atom stereocenters. The second-order valence-electron chi connectivity index (χ2n) is 3.79. The first kappa shape index (κ1) is 5.76. The van der Waals surface area contributed by atoms with Crippen LogP contribution in [-0.2, 0) is 0 Å². The molecule has 2 saturated carbocycles. The minimum absolute atomic E-state index is 1.15. The lowest BCUT2D eigenvalue weighted by atomic mass is 9.98. The number of hydrogen-bond acceptors (Lipinski definition) is 0. The third-order valence-electron chi connectivity index (χ3n) is 3.15. The zero-order valence-corrected chi connectivity index (χ0v) is 6.27. The molecule has 0 aromatic carbocycles. The van der Waals surface area contributed by atoms with E-state index in [9.17, 15) is 0 Å². The van der Waals surface area contributed by atoms with E-state index in [1.54, 1.807) is 19.3 Å². The summed E-state index contributed by atoms with van der Waals surface area (Å²) in [5, 5.41) is 0. The van der Waals surface area contributed by atoms with Gasteiger partial charge in [0.25, 0.3) is 0 Å². The number of fused-ring (bicyclic) bond motifs is 1. The SMILES string of the molecule is CCC[C@@H]1CC[C@H]2C[C@H]12. The molecular formula is C9H16. The van der Waals surface area contributed by atoms with E-state index in [0.29, 0.717) is 0 Å². The molecule has 0 aromatic heterocycles. The zero-order valence-electron chi connectivity index (χ0n) is 6.27. The molecule has 52 valence electrons. The summed E-state index contributed by atoms with van der Waals surface area (Å²) in [7, 11) is 0. The molecule has 2 fully saturated rings. The Morgan fingerprint density at radius 1 is 1.33 bits per heavy atom. The fourth-order valence-corrected chi connectivity index (χ4v) is 2.55. The van der Waals surface area contributed by atoms with Crippen molar-refractivity contribution in [2.75, 3.05) is 0 Å². The minimum atomic E-state index is 1.15. The van der Waals surface area contributed by atoms with Gasteiger partial charge >= 0.3 is 0 Å². The summed E-state index contributed by atoms with van der Waals surface area (Å²) in [6.45, 7) is 2.32. The molecule has 0 bridgehead atoms. The van der Waals surface area contributed by atoms with Crippen LogP contribution in [0.1, 0.15) is 39.0 Å². The van der Waals surface area contributed by atoms with Crippen molar-refractivity contribution in [3.8, 4) is 0 Å². The Labute approximate surface area is 57.6 Å². The van der Waals surface area contributed by atoms with E-state index in [2.05, 4.69) is 6.92 Å². The highest BCUT2D eigenvalue weighted by molar-refractivity contribution is 4.96. The molecule has 0 heteroatoms. The largest absolute Gasteiger partial charge is 0.0654 e. The highest BCUT2D eigenvalue weighted by Gasteiger charge is 2.46. The third kappa shape index (κ3) is 0.889. The molecule has 0 unspecified atom stereocenters. The molecule has 0 amide bonds. The second-order valence-corrected chi connectivity index (χ2v) is 3.79. The lowest BCUT2D eigenvalue weighted by Gasteiger charge is -2.07. The first-order valence-corrected chi connectivity index (χ1v) is 4.42. The molecule has 0 spiro atoms. The maximum atomic E-state index is 2.32. The van der Waals surface area contributed by atoms with Gasteiger partial charge in [0.05, 0.1) is 0 Å². The van der Waals surface area contributed by atoms with Crippen LogP contribution in [0.5, 0.6) is 0 Å². The Kier molecular flexibility index (Phi) is 1.28. The molecule has 2 aliphatic rings. The molecule has 0 radical (unpaired) electrons. The summed E-state index contributed by atoms with van der Waals surface area (Å²) in [6, 6.07) is 0. The number of hydrogen-bond donors (Lipinski definition) is 0. The van der Waals surface area contributed by atoms with Gasteiger partial charge in [-0.05, 0) is 37.0 Å². The average molecular weight is 124 g/mol. The monoisotopic (exact) mass is 124 g/mol. The van der Waals surface area contributed by atoms with Gasteiger partial charge in [-0.1, -0.05) is 19.8 Å². The van der Waals surface area contributed by atoms with E-state index < -0.39 is 0 Å². The van der Waals surface area contributed by atoms with Crippen molar-refractivity contribution in [2.24, 2.45) is 17.8 Å². The van der Waals surface area contributed by atoms with E-state index in [-0.39, 0.29) is 0 Å². The normalized spacial score (nSPS) is 47.0. The van der Waals surface area contributed by atoms with Gasteiger partial charge in [-0.15, -0.1) is 0 Å². The molecule has 0 aliphatic heterocycles.